The van der Waals surface area contributed by atoms with Crippen LogP contribution < -0.4 is 0 Å². The average molecular weight is 700 g/mol. The van der Waals surface area contributed by atoms with Crippen molar-refractivity contribution in [2.24, 2.45) is 0 Å². The van der Waals surface area contributed by atoms with Crippen LogP contribution in [0.15, 0.2) is 200 Å². The number of aromatic nitrogens is 3. The van der Waals surface area contributed by atoms with Gasteiger partial charge in [-0.05, 0) is 73.8 Å². The lowest BCUT2D eigenvalue weighted by Gasteiger charge is -2.18. The molecule has 0 aliphatic rings. The number of hydrogen-bond donors (Lipinski definition) is 0. The van der Waals surface area contributed by atoms with Crippen LogP contribution in [0, 0.1) is 0 Å². The fraction of sp³-hybridized carbons (Fsp3) is 0. The van der Waals surface area contributed by atoms with E-state index in [4.69, 9.17) is 9.97 Å². The van der Waals surface area contributed by atoms with Gasteiger partial charge in [-0.3, -0.25) is 0 Å². The molecule has 0 saturated carbocycles. The van der Waals surface area contributed by atoms with Crippen LogP contribution in [0.25, 0.3) is 105 Å². The highest BCUT2D eigenvalue weighted by atomic mass is 15.0. The van der Waals surface area contributed by atoms with E-state index in [2.05, 4.69) is 199 Å². The van der Waals surface area contributed by atoms with E-state index >= 15 is 0 Å². The highest BCUT2D eigenvalue weighted by Gasteiger charge is 2.21. The molecule has 0 saturated heterocycles. The van der Waals surface area contributed by atoms with E-state index in [1.165, 1.54) is 48.7 Å². The Balaban J connectivity index is 1.22. The predicted molar refractivity (Wildman–Crippen MR) is 231 cm³/mol. The standard InChI is InChI=1S/C52H33N3/c1-3-17-35(18-4-1)52-53-47(33-48(54-52)45-28-15-27-44-41-25-13-14-29-49(41)55(51(44)45)37-20-5-2-6-21-37)40-24-11-12-26-42(40)50-39-23-10-8-19-36(39)32-46-38-22-9-7-16-34(38)30-31-43(46)50/h1-33H. The largest absolute Gasteiger partial charge is 0.309 e. The normalized spacial score (nSPS) is 11.6. The number of hydrogen-bond acceptors (Lipinski definition) is 2. The van der Waals surface area contributed by atoms with E-state index in [1.54, 1.807) is 0 Å². The maximum absolute atomic E-state index is 5.38. The maximum atomic E-state index is 5.38. The molecule has 2 aromatic heterocycles. The van der Waals surface area contributed by atoms with Gasteiger partial charge in [0.25, 0.3) is 0 Å². The summed E-state index contributed by atoms with van der Waals surface area (Å²) in [5.74, 6) is 0.691. The Bertz CT molecular complexity index is 3250. The summed E-state index contributed by atoms with van der Waals surface area (Å²) in [6, 6.07) is 71.5. The number of rotatable bonds is 5. The molecule has 0 bridgehead atoms. The van der Waals surface area contributed by atoms with E-state index in [1.807, 2.05) is 6.07 Å². The van der Waals surface area contributed by atoms with Crippen molar-refractivity contribution in [1.82, 2.24) is 14.5 Å². The Kier molecular flexibility index (Phi) is 7.17. The van der Waals surface area contributed by atoms with E-state index in [9.17, 15) is 0 Å². The maximum Gasteiger partial charge on any atom is 0.160 e. The molecule has 3 heteroatoms. The molecule has 0 amide bonds. The Morgan fingerprint density at radius 3 is 1.76 bits per heavy atom. The van der Waals surface area contributed by atoms with E-state index in [0.717, 1.165) is 50.4 Å². The zero-order valence-corrected chi connectivity index (χ0v) is 29.9. The van der Waals surface area contributed by atoms with Crippen molar-refractivity contribution in [1.29, 1.82) is 0 Å². The minimum atomic E-state index is 0.691. The van der Waals surface area contributed by atoms with Gasteiger partial charge in [-0.25, -0.2) is 9.97 Å². The number of benzene rings is 9. The first-order valence-corrected chi connectivity index (χ1v) is 18.8. The Morgan fingerprint density at radius 2 is 0.945 bits per heavy atom. The van der Waals surface area contributed by atoms with E-state index in [-0.39, 0.29) is 0 Å². The van der Waals surface area contributed by atoms with Gasteiger partial charge in [-0.2, -0.15) is 0 Å². The Labute approximate surface area is 318 Å². The van der Waals surface area contributed by atoms with Gasteiger partial charge in [0, 0.05) is 33.2 Å². The zero-order chi connectivity index (χ0) is 36.3. The second-order valence-corrected chi connectivity index (χ2v) is 14.1. The van der Waals surface area contributed by atoms with Crippen LogP contribution in [0.3, 0.4) is 0 Å². The average Bonchev–Trinajstić information content (AvgIpc) is 3.61. The van der Waals surface area contributed by atoms with Crippen molar-refractivity contribution < 1.29 is 0 Å². The molecule has 0 atom stereocenters. The molecule has 0 aliphatic carbocycles. The van der Waals surface area contributed by atoms with Crippen LogP contribution in [0.5, 0.6) is 0 Å². The molecule has 0 N–H and O–H groups in total. The van der Waals surface area contributed by atoms with Gasteiger partial charge in [0.05, 0.1) is 22.4 Å². The second kappa shape index (κ2) is 12.6. The number of para-hydroxylation sites is 3. The summed E-state index contributed by atoms with van der Waals surface area (Å²) in [5.41, 5.74) is 10.6. The molecule has 55 heavy (non-hydrogen) atoms. The summed E-state index contributed by atoms with van der Waals surface area (Å²) >= 11 is 0. The quantitative estimate of drug-likeness (QED) is 0.132. The summed E-state index contributed by atoms with van der Waals surface area (Å²) in [4.78, 5) is 10.7. The monoisotopic (exact) mass is 699 g/mol. The van der Waals surface area contributed by atoms with E-state index in [0.29, 0.717) is 5.82 Å². The molecular formula is C52H33N3. The lowest BCUT2D eigenvalue weighted by molar-refractivity contribution is 1.16. The molecular weight excluding hydrogens is 667 g/mol. The smallest absolute Gasteiger partial charge is 0.160 e. The SMILES string of the molecule is c1ccc(-c2nc(-c3ccccc3-c3c4ccccc4cc4c3ccc3ccccc34)cc(-c3cccc4c5ccccc5n(-c5ccccc5)c34)n2)cc1. The third-order valence-electron chi connectivity index (χ3n) is 11.0. The molecule has 0 unspecified atom stereocenters. The fourth-order valence-electron chi connectivity index (χ4n) is 8.54. The topological polar surface area (TPSA) is 30.7 Å². The third kappa shape index (κ3) is 5.05. The summed E-state index contributed by atoms with van der Waals surface area (Å²) in [6.07, 6.45) is 0. The molecule has 0 spiro atoms. The zero-order valence-electron chi connectivity index (χ0n) is 29.9. The summed E-state index contributed by atoms with van der Waals surface area (Å²) in [7, 11) is 0. The van der Waals surface area contributed by atoms with Gasteiger partial charge >= 0.3 is 0 Å². The highest BCUT2D eigenvalue weighted by Crippen LogP contribution is 2.44. The Hall–Kier alpha value is -7.36. The van der Waals surface area contributed by atoms with Gasteiger partial charge in [0.1, 0.15) is 0 Å². The van der Waals surface area contributed by atoms with Crippen LogP contribution >= 0.6 is 0 Å². The van der Waals surface area contributed by atoms with Crippen molar-refractivity contribution in [3.8, 4) is 50.7 Å². The molecule has 0 aliphatic heterocycles. The van der Waals surface area contributed by atoms with Crippen molar-refractivity contribution >= 4 is 54.1 Å². The van der Waals surface area contributed by atoms with Crippen molar-refractivity contribution in [3.05, 3.63) is 200 Å². The first-order valence-electron chi connectivity index (χ1n) is 18.8. The van der Waals surface area contributed by atoms with Gasteiger partial charge in [-0.1, -0.05) is 170 Å². The molecule has 3 nitrogen and oxygen atoms in total. The van der Waals surface area contributed by atoms with Gasteiger partial charge in [0.15, 0.2) is 5.82 Å². The summed E-state index contributed by atoms with van der Waals surface area (Å²) < 4.78 is 2.38. The molecule has 0 radical (unpaired) electrons. The summed E-state index contributed by atoms with van der Waals surface area (Å²) in [6.45, 7) is 0. The van der Waals surface area contributed by atoms with Crippen molar-refractivity contribution in [3.63, 3.8) is 0 Å². The number of fused-ring (bicyclic) bond motifs is 7. The molecule has 11 rings (SSSR count). The predicted octanol–water partition coefficient (Wildman–Crippen LogP) is 13.7. The third-order valence-corrected chi connectivity index (χ3v) is 11.0. The van der Waals surface area contributed by atoms with Crippen LogP contribution in [-0.4, -0.2) is 14.5 Å². The lowest BCUT2D eigenvalue weighted by Crippen LogP contribution is -1.99. The highest BCUT2D eigenvalue weighted by molar-refractivity contribution is 6.21. The Morgan fingerprint density at radius 1 is 0.345 bits per heavy atom. The minimum absolute atomic E-state index is 0.691. The van der Waals surface area contributed by atoms with Gasteiger partial charge in [0.2, 0.25) is 0 Å². The molecule has 2 heterocycles. The van der Waals surface area contributed by atoms with Crippen LogP contribution in [0.4, 0.5) is 0 Å². The molecule has 11 aromatic rings. The van der Waals surface area contributed by atoms with Crippen molar-refractivity contribution in [2.75, 3.05) is 0 Å². The first-order chi connectivity index (χ1) is 27.3. The fourth-order valence-corrected chi connectivity index (χ4v) is 8.54. The van der Waals surface area contributed by atoms with Crippen LogP contribution in [-0.2, 0) is 0 Å². The lowest BCUT2D eigenvalue weighted by atomic mass is 9.87. The van der Waals surface area contributed by atoms with Crippen LogP contribution in [0.1, 0.15) is 0 Å². The molecule has 256 valence electrons. The van der Waals surface area contributed by atoms with Gasteiger partial charge in [-0.15, -0.1) is 0 Å². The van der Waals surface area contributed by atoms with E-state index < -0.39 is 0 Å². The first kappa shape index (κ1) is 31.2. The van der Waals surface area contributed by atoms with Gasteiger partial charge < -0.3 is 4.57 Å². The minimum Gasteiger partial charge on any atom is -0.309 e. The van der Waals surface area contributed by atoms with Crippen molar-refractivity contribution in [2.45, 2.75) is 0 Å². The van der Waals surface area contributed by atoms with Crippen LogP contribution in [0.2, 0.25) is 0 Å². The number of nitrogens with zero attached hydrogens (tertiary/aromatic N) is 3. The molecule has 9 aromatic carbocycles. The second-order valence-electron chi connectivity index (χ2n) is 14.1. The molecule has 0 fully saturated rings. The summed E-state index contributed by atoms with van der Waals surface area (Å²) in [5, 5.41) is 9.78.